The third-order valence-electron chi connectivity index (χ3n) is 3.75. The Morgan fingerprint density at radius 3 is 2.50 bits per heavy atom. The molecule has 1 heterocycles. The average molecular weight is 254 g/mol. The lowest BCUT2D eigenvalue weighted by Crippen LogP contribution is -2.46. The third-order valence-corrected chi connectivity index (χ3v) is 3.75. The maximum absolute atomic E-state index is 12.3. The van der Waals surface area contributed by atoms with E-state index in [-0.39, 0.29) is 17.4 Å². The van der Waals surface area contributed by atoms with Gasteiger partial charge in [0, 0.05) is 25.0 Å². The Hall–Kier alpha value is -0.570. The smallest absolute Gasteiger partial charge is 0.224 e. The van der Waals surface area contributed by atoms with Crippen LogP contribution in [0.25, 0.3) is 0 Å². The summed E-state index contributed by atoms with van der Waals surface area (Å²) in [6.07, 6.45) is 3.76. The molecule has 1 aliphatic rings. The van der Waals surface area contributed by atoms with E-state index in [2.05, 4.69) is 34.6 Å². The Morgan fingerprint density at radius 2 is 1.94 bits per heavy atom. The van der Waals surface area contributed by atoms with Crippen molar-refractivity contribution in [1.82, 2.24) is 4.90 Å². The van der Waals surface area contributed by atoms with Crippen LogP contribution in [0.1, 0.15) is 60.3 Å². The minimum Gasteiger partial charge on any atom is -0.340 e. The van der Waals surface area contributed by atoms with Gasteiger partial charge in [-0.3, -0.25) is 4.79 Å². The zero-order valence-corrected chi connectivity index (χ0v) is 12.7. The minimum atomic E-state index is -0.0121. The predicted octanol–water partition coefficient (Wildman–Crippen LogP) is 2.79. The Balaban J connectivity index is 2.48. The van der Waals surface area contributed by atoms with Crippen LogP contribution in [0.4, 0.5) is 0 Å². The van der Waals surface area contributed by atoms with E-state index in [0.29, 0.717) is 18.4 Å². The summed E-state index contributed by atoms with van der Waals surface area (Å²) in [4.78, 5) is 14.3. The second-order valence-corrected chi connectivity index (χ2v) is 7.31. The molecule has 3 unspecified atom stereocenters. The predicted molar refractivity (Wildman–Crippen MR) is 76.2 cm³/mol. The second-order valence-electron chi connectivity index (χ2n) is 7.31. The monoisotopic (exact) mass is 254 g/mol. The lowest BCUT2D eigenvalue weighted by atomic mass is 9.87. The molecule has 3 heteroatoms. The van der Waals surface area contributed by atoms with Crippen molar-refractivity contribution in [2.75, 3.05) is 6.54 Å². The van der Waals surface area contributed by atoms with Crippen molar-refractivity contribution in [3.63, 3.8) is 0 Å². The molecule has 0 radical (unpaired) electrons. The van der Waals surface area contributed by atoms with E-state index < -0.39 is 0 Å². The molecule has 18 heavy (non-hydrogen) atoms. The number of carbonyl (C=O) groups is 1. The van der Waals surface area contributed by atoms with Crippen LogP contribution in [0.2, 0.25) is 0 Å². The summed E-state index contributed by atoms with van der Waals surface area (Å²) in [7, 11) is 0. The van der Waals surface area contributed by atoms with E-state index >= 15 is 0 Å². The van der Waals surface area contributed by atoms with Crippen molar-refractivity contribution in [1.29, 1.82) is 0 Å². The topological polar surface area (TPSA) is 46.3 Å². The quantitative estimate of drug-likeness (QED) is 0.842. The van der Waals surface area contributed by atoms with Gasteiger partial charge in [0.05, 0.1) is 0 Å². The fraction of sp³-hybridized carbons (Fsp3) is 0.933. The third kappa shape index (κ3) is 4.97. The highest BCUT2D eigenvalue weighted by Gasteiger charge is 2.28. The highest BCUT2D eigenvalue weighted by atomic mass is 16.2. The number of hydrogen-bond donors (Lipinski definition) is 1. The normalized spacial score (nSPS) is 27.1. The molecule has 0 aromatic heterocycles. The maximum Gasteiger partial charge on any atom is 0.224 e. The van der Waals surface area contributed by atoms with Crippen molar-refractivity contribution >= 4 is 5.91 Å². The first kappa shape index (κ1) is 15.5. The van der Waals surface area contributed by atoms with Gasteiger partial charge in [0.15, 0.2) is 0 Å². The molecule has 3 atom stereocenters. The van der Waals surface area contributed by atoms with E-state index in [1.165, 1.54) is 6.42 Å². The Bertz CT molecular complexity index is 283. The first-order valence-corrected chi connectivity index (χ1v) is 7.24. The Labute approximate surface area is 112 Å². The molecule has 0 bridgehead atoms. The number of nitrogens with two attached hydrogens (primary N) is 1. The lowest BCUT2D eigenvalue weighted by Gasteiger charge is -2.37. The van der Waals surface area contributed by atoms with Gasteiger partial charge < -0.3 is 10.6 Å². The Morgan fingerprint density at radius 1 is 1.33 bits per heavy atom. The largest absolute Gasteiger partial charge is 0.340 e. The summed E-state index contributed by atoms with van der Waals surface area (Å²) in [5.74, 6) is 0.870. The number of likely N-dealkylation sites (tertiary alicyclic amines) is 1. The maximum atomic E-state index is 12.3. The zero-order valence-electron chi connectivity index (χ0n) is 12.7. The molecule has 0 aromatic carbocycles. The summed E-state index contributed by atoms with van der Waals surface area (Å²) < 4.78 is 0. The van der Waals surface area contributed by atoms with Crippen LogP contribution in [0, 0.1) is 11.3 Å². The highest BCUT2D eigenvalue weighted by Crippen LogP contribution is 2.24. The van der Waals surface area contributed by atoms with Crippen molar-refractivity contribution in [3.8, 4) is 0 Å². The van der Waals surface area contributed by atoms with Gasteiger partial charge >= 0.3 is 0 Å². The van der Waals surface area contributed by atoms with Crippen LogP contribution in [-0.2, 0) is 4.79 Å². The first-order chi connectivity index (χ1) is 8.19. The molecular weight excluding hydrogens is 224 g/mol. The van der Waals surface area contributed by atoms with E-state index in [0.717, 1.165) is 19.4 Å². The molecule has 1 rings (SSSR count). The van der Waals surface area contributed by atoms with Gasteiger partial charge in [-0.15, -0.1) is 0 Å². The second kappa shape index (κ2) is 6.05. The first-order valence-electron chi connectivity index (χ1n) is 7.24. The molecule has 1 saturated heterocycles. The molecule has 1 fully saturated rings. The molecule has 2 N–H and O–H groups in total. The number of rotatable bonds is 3. The van der Waals surface area contributed by atoms with Crippen molar-refractivity contribution in [3.05, 3.63) is 0 Å². The lowest BCUT2D eigenvalue weighted by molar-refractivity contribution is -0.135. The van der Waals surface area contributed by atoms with Crippen LogP contribution in [-0.4, -0.2) is 29.4 Å². The zero-order chi connectivity index (χ0) is 13.9. The number of piperidine rings is 1. The summed E-state index contributed by atoms with van der Waals surface area (Å²) in [6, 6.07) is 0.373. The van der Waals surface area contributed by atoms with Gasteiger partial charge in [0.25, 0.3) is 0 Å². The highest BCUT2D eigenvalue weighted by molar-refractivity contribution is 5.77. The number of hydrogen-bond acceptors (Lipinski definition) is 2. The van der Waals surface area contributed by atoms with Crippen LogP contribution in [0.15, 0.2) is 0 Å². The molecule has 0 aromatic rings. The SMILES string of the molecule is CC1CCC(C)N(C(=O)CC(N)CC(C)(C)C)C1. The number of amides is 1. The molecule has 0 saturated carbocycles. The standard InChI is InChI=1S/C15H30N2O/c1-11-6-7-12(2)17(10-11)14(18)8-13(16)9-15(3,4)5/h11-13H,6-10,16H2,1-5H3. The molecule has 3 nitrogen and oxygen atoms in total. The van der Waals surface area contributed by atoms with Gasteiger partial charge in [-0.05, 0) is 37.5 Å². The van der Waals surface area contributed by atoms with Crippen LogP contribution in [0.5, 0.6) is 0 Å². The molecule has 1 aliphatic heterocycles. The molecule has 0 spiro atoms. The minimum absolute atomic E-state index is 0.0121. The Kier molecular flexibility index (Phi) is 5.20. The van der Waals surface area contributed by atoms with E-state index in [4.69, 9.17) is 5.73 Å². The van der Waals surface area contributed by atoms with Crippen molar-refractivity contribution < 1.29 is 4.79 Å². The summed E-state index contributed by atoms with van der Waals surface area (Å²) in [5, 5.41) is 0. The van der Waals surface area contributed by atoms with Gasteiger partial charge in [0.1, 0.15) is 0 Å². The number of nitrogens with zero attached hydrogens (tertiary/aromatic N) is 1. The van der Waals surface area contributed by atoms with E-state index in [9.17, 15) is 4.79 Å². The fourth-order valence-corrected chi connectivity index (χ4v) is 2.84. The van der Waals surface area contributed by atoms with Crippen LogP contribution < -0.4 is 5.73 Å². The van der Waals surface area contributed by atoms with Crippen molar-refractivity contribution in [2.45, 2.75) is 72.4 Å². The summed E-state index contributed by atoms with van der Waals surface area (Å²) >= 11 is 0. The molecule has 106 valence electrons. The van der Waals surface area contributed by atoms with Crippen molar-refractivity contribution in [2.24, 2.45) is 17.1 Å². The molecular formula is C15H30N2O. The van der Waals surface area contributed by atoms with Gasteiger partial charge in [0.2, 0.25) is 5.91 Å². The van der Waals surface area contributed by atoms with E-state index in [1.807, 2.05) is 4.90 Å². The van der Waals surface area contributed by atoms with Gasteiger partial charge in [-0.1, -0.05) is 27.7 Å². The molecule has 1 amide bonds. The van der Waals surface area contributed by atoms with Crippen LogP contribution in [0.3, 0.4) is 0 Å². The van der Waals surface area contributed by atoms with Gasteiger partial charge in [-0.25, -0.2) is 0 Å². The van der Waals surface area contributed by atoms with Crippen LogP contribution >= 0.6 is 0 Å². The summed E-state index contributed by atoms with van der Waals surface area (Å²) in [6.45, 7) is 11.8. The molecule has 0 aliphatic carbocycles. The summed E-state index contributed by atoms with van der Waals surface area (Å²) in [5.41, 5.74) is 6.29. The van der Waals surface area contributed by atoms with E-state index in [1.54, 1.807) is 0 Å². The average Bonchev–Trinajstić information content (AvgIpc) is 2.18. The van der Waals surface area contributed by atoms with Gasteiger partial charge in [-0.2, -0.15) is 0 Å². The fourth-order valence-electron chi connectivity index (χ4n) is 2.84. The number of carbonyl (C=O) groups excluding carboxylic acids is 1.